The van der Waals surface area contributed by atoms with Gasteiger partial charge in [-0.05, 0) is 41.8 Å². The minimum Gasteiger partial charge on any atom is -0.497 e. The average molecular weight is 277 g/mol. The van der Waals surface area contributed by atoms with Gasteiger partial charge in [-0.2, -0.15) is 0 Å². The molecule has 0 unspecified atom stereocenters. The van der Waals surface area contributed by atoms with Crippen molar-refractivity contribution in [3.05, 3.63) is 47.0 Å². The van der Waals surface area contributed by atoms with E-state index in [0.717, 1.165) is 16.7 Å². The molecular formula is C14H14BClO3. The van der Waals surface area contributed by atoms with Crippen LogP contribution in [0.5, 0.6) is 5.75 Å². The topological polar surface area (TPSA) is 49.7 Å². The average Bonchev–Trinajstić information content (AvgIpc) is 2.38. The normalized spacial score (nSPS) is 10.4. The first-order valence-corrected chi connectivity index (χ1v) is 6.21. The van der Waals surface area contributed by atoms with E-state index in [4.69, 9.17) is 16.3 Å². The van der Waals surface area contributed by atoms with Crippen LogP contribution in [0.4, 0.5) is 0 Å². The Morgan fingerprint density at radius 1 is 1.16 bits per heavy atom. The Balaban J connectivity index is 2.59. The number of halogens is 1. The van der Waals surface area contributed by atoms with Crippen molar-refractivity contribution in [2.45, 2.75) is 6.92 Å². The molecule has 5 heteroatoms. The molecule has 0 atom stereocenters. The second-order valence-electron chi connectivity index (χ2n) is 4.29. The number of aryl methyl sites for hydroxylation is 1. The highest BCUT2D eigenvalue weighted by atomic mass is 35.5. The van der Waals surface area contributed by atoms with E-state index < -0.39 is 7.12 Å². The molecule has 98 valence electrons. The van der Waals surface area contributed by atoms with Crippen molar-refractivity contribution in [2.75, 3.05) is 7.11 Å². The fourth-order valence-electron chi connectivity index (χ4n) is 2.06. The lowest BCUT2D eigenvalue weighted by Gasteiger charge is -2.13. The van der Waals surface area contributed by atoms with Crippen LogP contribution in [0.1, 0.15) is 5.56 Å². The van der Waals surface area contributed by atoms with Gasteiger partial charge in [-0.3, -0.25) is 0 Å². The molecule has 0 heterocycles. The zero-order valence-electron chi connectivity index (χ0n) is 10.7. The summed E-state index contributed by atoms with van der Waals surface area (Å²) in [7, 11) is -0.0553. The molecule has 2 rings (SSSR count). The standard InChI is InChI=1S/C14H14BClO3/c1-9-6-13(15(17)18)14(19-2)8-12(9)10-4-3-5-11(16)7-10/h3-8,17-18H,1-2H3. The molecule has 0 aliphatic rings. The van der Waals surface area contributed by atoms with Crippen LogP contribution in [0.3, 0.4) is 0 Å². The minimum atomic E-state index is -1.55. The van der Waals surface area contributed by atoms with Gasteiger partial charge in [0.15, 0.2) is 0 Å². The molecule has 0 aliphatic heterocycles. The van der Waals surface area contributed by atoms with Crippen LogP contribution in [0, 0.1) is 6.92 Å². The number of rotatable bonds is 3. The van der Waals surface area contributed by atoms with Gasteiger partial charge in [0.2, 0.25) is 0 Å². The summed E-state index contributed by atoms with van der Waals surface area (Å²) in [6.45, 7) is 1.90. The molecule has 0 aliphatic carbocycles. The Labute approximate surface area is 117 Å². The third-order valence-electron chi connectivity index (χ3n) is 2.99. The lowest BCUT2D eigenvalue weighted by molar-refractivity contribution is 0.403. The molecule has 0 spiro atoms. The lowest BCUT2D eigenvalue weighted by Crippen LogP contribution is -2.31. The third-order valence-corrected chi connectivity index (χ3v) is 3.23. The van der Waals surface area contributed by atoms with Gasteiger partial charge in [0.05, 0.1) is 7.11 Å². The van der Waals surface area contributed by atoms with Gasteiger partial charge in [-0.15, -0.1) is 0 Å². The fraction of sp³-hybridized carbons (Fsp3) is 0.143. The maximum absolute atomic E-state index is 9.32. The van der Waals surface area contributed by atoms with Crippen LogP contribution < -0.4 is 10.2 Å². The van der Waals surface area contributed by atoms with Crippen molar-refractivity contribution in [2.24, 2.45) is 0 Å². The van der Waals surface area contributed by atoms with Crippen molar-refractivity contribution in [3.8, 4) is 16.9 Å². The Morgan fingerprint density at radius 3 is 2.47 bits per heavy atom. The third kappa shape index (κ3) is 2.92. The predicted molar refractivity (Wildman–Crippen MR) is 78.0 cm³/mol. The second kappa shape index (κ2) is 5.65. The van der Waals surface area contributed by atoms with E-state index >= 15 is 0 Å². The van der Waals surface area contributed by atoms with Crippen LogP contribution in [-0.4, -0.2) is 24.3 Å². The molecular weight excluding hydrogens is 262 g/mol. The van der Waals surface area contributed by atoms with Crippen molar-refractivity contribution in [3.63, 3.8) is 0 Å². The molecule has 2 aromatic carbocycles. The summed E-state index contributed by atoms with van der Waals surface area (Å²) in [6, 6.07) is 11.0. The summed E-state index contributed by atoms with van der Waals surface area (Å²) in [5, 5.41) is 19.3. The van der Waals surface area contributed by atoms with Crippen molar-refractivity contribution in [1.82, 2.24) is 0 Å². The summed E-state index contributed by atoms with van der Waals surface area (Å²) in [4.78, 5) is 0. The van der Waals surface area contributed by atoms with E-state index in [1.54, 1.807) is 12.1 Å². The van der Waals surface area contributed by atoms with Crippen LogP contribution in [-0.2, 0) is 0 Å². The minimum absolute atomic E-state index is 0.353. The Hall–Kier alpha value is -1.49. The van der Waals surface area contributed by atoms with Gasteiger partial charge < -0.3 is 14.8 Å². The van der Waals surface area contributed by atoms with Crippen LogP contribution >= 0.6 is 11.6 Å². The van der Waals surface area contributed by atoms with Crippen LogP contribution in [0.2, 0.25) is 5.02 Å². The molecule has 2 N–H and O–H groups in total. The Kier molecular flexibility index (Phi) is 4.15. The van der Waals surface area contributed by atoms with Gasteiger partial charge in [0, 0.05) is 10.5 Å². The first-order chi connectivity index (χ1) is 9.02. The summed E-state index contributed by atoms with van der Waals surface area (Å²) in [5.74, 6) is 0.440. The van der Waals surface area contributed by atoms with E-state index in [0.29, 0.717) is 16.2 Å². The first kappa shape index (κ1) is 13.9. The molecule has 3 nitrogen and oxygen atoms in total. The molecule has 0 saturated carbocycles. The summed E-state index contributed by atoms with van der Waals surface area (Å²) in [5.41, 5.74) is 3.18. The van der Waals surface area contributed by atoms with E-state index in [1.165, 1.54) is 7.11 Å². The van der Waals surface area contributed by atoms with E-state index in [9.17, 15) is 10.0 Å². The lowest BCUT2D eigenvalue weighted by atomic mass is 9.77. The van der Waals surface area contributed by atoms with Crippen LogP contribution in [0.25, 0.3) is 11.1 Å². The first-order valence-electron chi connectivity index (χ1n) is 5.83. The monoisotopic (exact) mass is 276 g/mol. The summed E-state index contributed by atoms with van der Waals surface area (Å²) >= 11 is 5.99. The van der Waals surface area contributed by atoms with Gasteiger partial charge in [-0.1, -0.05) is 29.8 Å². The number of hydrogen-bond donors (Lipinski definition) is 2. The van der Waals surface area contributed by atoms with E-state index in [2.05, 4.69) is 0 Å². The number of benzene rings is 2. The maximum Gasteiger partial charge on any atom is 0.492 e. The van der Waals surface area contributed by atoms with E-state index in [1.807, 2.05) is 31.2 Å². The highest BCUT2D eigenvalue weighted by Gasteiger charge is 2.19. The zero-order chi connectivity index (χ0) is 14.0. The highest BCUT2D eigenvalue weighted by molar-refractivity contribution is 6.59. The summed E-state index contributed by atoms with van der Waals surface area (Å²) in [6.07, 6.45) is 0. The summed E-state index contributed by atoms with van der Waals surface area (Å²) < 4.78 is 5.20. The molecule has 0 radical (unpaired) electrons. The largest absolute Gasteiger partial charge is 0.497 e. The number of hydrogen-bond acceptors (Lipinski definition) is 3. The molecule has 2 aromatic rings. The number of methoxy groups -OCH3 is 1. The van der Waals surface area contributed by atoms with Gasteiger partial charge >= 0.3 is 7.12 Å². The van der Waals surface area contributed by atoms with Gasteiger partial charge in [-0.25, -0.2) is 0 Å². The van der Waals surface area contributed by atoms with Gasteiger partial charge in [0.25, 0.3) is 0 Å². The van der Waals surface area contributed by atoms with E-state index in [-0.39, 0.29) is 0 Å². The molecule has 0 fully saturated rings. The molecule has 0 saturated heterocycles. The Bertz CT molecular complexity index is 599. The quantitative estimate of drug-likeness (QED) is 0.843. The van der Waals surface area contributed by atoms with Crippen molar-refractivity contribution in [1.29, 1.82) is 0 Å². The fourth-order valence-corrected chi connectivity index (χ4v) is 2.25. The SMILES string of the molecule is COc1cc(-c2cccc(Cl)c2)c(C)cc1B(O)O. The Morgan fingerprint density at radius 2 is 1.89 bits per heavy atom. The smallest absolute Gasteiger partial charge is 0.492 e. The number of ether oxygens (including phenoxy) is 1. The van der Waals surface area contributed by atoms with Crippen molar-refractivity contribution >= 4 is 24.2 Å². The zero-order valence-corrected chi connectivity index (χ0v) is 11.5. The predicted octanol–water partition coefficient (Wildman–Crippen LogP) is 2.00. The molecule has 0 bridgehead atoms. The highest BCUT2D eigenvalue weighted by Crippen LogP contribution is 2.28. The molecule has 19 heavy (non-hydrogen) atoms. The molecule has 0 amide bonds. The van der Waals surface area contributed by atoms with Crippen molar-refractivity contribution < 1.29 is 14.8 Å². The second-order valence-corrected chi connectivity index (χ2v) is 4.73. The van der Waals surface area contributed by atoms with Crippen LogP contribution in [0.15, 0.2) is 36.4 Å². The maximum atomic E-state index is 9.32. The van der Waals surface area contributed by atoms with Gasteiger partial charge in [0.1, 0.15) is 5.75 Å². The molecule has 0 aromatic heterocycles.